The second-order valence-corrected chi connectivity index (χ2v) is 8.29. The Kier molecular flexibility index (Phi) is 7.79. The van der Waals surface area contributed by atoms with Crippen molar-refractivity contribution < 1.29 is 14.5 Å². The van der Waals surface area contributed by atoms with Gasteiger partial charge in [-0.15, -0.1) is 0 Å². The van der Waals surface area contributed by atoms with Crippen LogP contribution in [-0.4, -0.2) is 16.9 Å². The molecule has 1 amide bonds. The van der Waals surface area contributed by atoms with E-state index in [2.05, 4.69) is 21.2 Å². The first-order valence-electron chi connectivity index (χ1n) is 10.0. The Morgan fingerprint density at radius 2 is 1.94 bits per heavy atom. The highest BCUT2D eigenvalue weighted by molar-refractivity contribution is 9.10. The summed E-state index contributed by atoms with van der Waals surface area (Å²) < 4.78 is 6.66. The van der Waals surface area contributed by atoms with E-state index in [1.807, 2.05) is 6.07 Å². The van der Waals surface area contributed by atoms with E-state index in [1.54, 1.807) is 30.3 Å². The molecule has 7 nitrogen and oxygen atoms in total. The number of nitriles is 1. The number of hydrogen-bond acceptors (Lipinski definition) is 5. The van der Waals surface area contributed by atoms with E-state index >= 15 is 0 Å². The van der Waals surface area contributed by atoms with Crippen LogP contribution in [0.4, 0.5) is 5.69 Å². The molecular formula is C23H22BrN3O4. The SMILES string of the molecule is N#C/C(=C\c1cc(Br)ccc1OCc1ccc([N+](=O)[O-])cc1)C(=O)NC1CCCCC1. The molecule has 8 heteroatoms. The van der Waals surface area contributed by atoms with Gasteiger partial charge in [0.25, 0.3) is 11.6 Å². The van der Waals surface area contributed by atoms with Crippen molar-refractivity contribution in [1.29, 1.82) is 5.26 Å². The molecule has 0 saturated heterocycles. The minimum absolute atomic E-state index is 0.0126. The second kappa shape index (κ2) is 10.7. The van der Waals surface area contributed by atoms with Gasteiger partial charge in [-0.1, -0.05) is 35.2 Å². The Morgan fingerprint density at radius 3 is 2.58 bits per heavy atom. The number of nitro benzene ring substituents is 1. The first-order chi connectivity index (χ1) is 15.0. The molecule has 0 heterocycles. The summed E-state index contributed by atoms with van der Waals surface area (Å²) in [5.74, 6) is 0.121. The van der Waals surface area contributed by atoms with Crippen LogP contribution in [0.25, 0.3) is 6.08 Å². The number of ether oxygens (including phenoxy) is 1. The summed E-state index contributed by atoms with van der Waals surface area (Å²) in [6.07, 6.45) is 6.75. The van der Waals surface area contributed by atoms with Gasteiger partial charge < -0.3 is 10.1 Å². The van der Waals surface area contributed by atoms with Crippen molar-refractivity contribution in [2.45, 2.75) is 44.8 Å². The summed E-state index contributed by atoms with van der Waals surface area (Å²) in [5, 5.41) is 23.3. The van der Waals surface area contributed by atoms with Crippen molar-refractivity contribution in [2.24, 2.45) is 0 Å². The standard InChI is InChI=1S/C23H22BrN3O4/c24-19-8-11-22(31-15-16-6-9-21(10-7-16)27(29)30)17(13-19)12-18(14-25)23(28)26-20-4-2-1-3-5-20/h6-13,20H,1-5,15H2,(H,26,28)/b18-12+. The molecule has 1 N–H and O–H groups in total. The fraction of sp³-hybridized carbons (Fsp3) is 0.304. The quantitative estimate of drug-likeness (QED) is 0.249. The molecule has 1 aliphatic carbocycles. The minimum Gasteiger partial charge on any atom is -0.488 e. The molecule has 0 aromatic heterocycles. The van der Waals surface area contributed by atoms with Crippen LogP contribution in [0.5, 0.6) is 5.75 Å². The Hall–Kier alpha value is -3.18. The second-order valence-electron chi connectivity index (χ2n) is 7.37. The van der Waals surface area contributed by atoms with Gasteiger partial charge in [0, 0.05) is 28.2 Å². The van der Waals surface area contributed by atoms with Gasteiger partial charge in [-0.2, -0.15) is 5.26 Å². The summed E-state index contributed by atoms with van der Waals surface area (Å²) in [6, 6.07) is 13.5. The van der Waals surface area contributed by atoms with E-state index in [9.17, 15) is 20.2 Å². The van der Waals surface area contributed by atoms with Gasteiger partial charge in [0.05, 0.1) is 4.92 Å². The number of nitrogens with zero attached hydrogens (tertiary/aromatic N) is 2. The number of nitrogens with one attached hydrogen (secondary N) is 1. The van der Waals surface area contributed by atoms with Crippen LogP contribution < -0.4 is 10.1 Å². The molecule has 2 aromatic rings. The lowest BCUT2D eigenvalue weighted by Crippen LogP contribution is -2.36. The molecule has 1 aliphatic rings. The molecule has 3 rings (SSSR count). The largest absolute Gasteiger partial charge is 0.488 e. The highest BCUT2D eigenvalue weighted by atomic mass is 79.9. The first kappa shape index (κ1) is 22.5. The predicted molar refractivity (Wildman–Crippen MR) is 120 cm³/mol. The highest BCUT2D eigenvalue weighted by Gasteiger charge is 2.18. The summed E-state index contributed by atoms with van der Waals surface area (Å²) in [5.41, 5.74) is 1.38. The molecule has 0 bridgehead atoms. The third kappa shape index (κ3) is 6.40. The first-order valence-corrected chi connectivity index (χ1v) is 10.8. The number of carbonyl (C=O) groups excluding carboxylic acids is 1. The normalized spacial score (nSPS) is 14.5. The molecule has 1 fully saturated rings. The highest BCUT2D eigenvalue weighted by Crippen LogP contribution is 2.27. The maximum atomic E-state index is 12.6. The van der Waals surface area contributed by atoms with Gasteiger partial charge in [-0.25, -0.2) is 0 Å². The summed E-state index contributed by atoms with van der Waals surface area (Å²) >= 11 is 3.41. The number of amides is 1. The number of halogens is 1. The van der Waals surface area contributed by atoms with Crippen molar-refractivity contribution >= 4 is 33.6 Å². The smallest absolute Gasteiger partial charge is 0.269 e. The fourth-order valence-electron chi connectivity index (χ4n) is 3.45. The maximum Gasteiger partial charge on any atom is 0.269 e. The van der Waals surface area contributed by atoms with Crippen LogP contribution in [0, 0.1) is 21.4 Å². The molecule has 0 atom stereocenters. The zero-order chi connectivity index (χ0) is 22.2. The van der Waals surface area contributed by atoms with E-state index in [0.717, 1.165) is 35.7 Å². The van der Waals surface area contributed by atoms with Crippen LogP contribution in [0.15, 0.2) is 52.5 Å². The third-order valence-corrected chi connectivity index (χ3v) is 5.61. The fourth-order valence-corrected chi connectivity index (χ4v) is 3.83. The van der Waals surface area contributed by atoms with Crippen molar-refractivity contribution in [2.75, 3.05) is 0 Å². The summed E-state index contributed by atoms with van der Waals surface area (Å²) in [4.78, 5) is 22.9. The number of benzene rings is 2. The van der Waals surface area contributed by atoms with Gasteiger partial charge in [-0.05, 0) is 54.8 Å². The lowest BCUT2D eigenvalue weighted by atomic mass is 9.95. The molecule has 0 unspecified atom stereocenters. The molecule has 0 aliphatic heterocycles. The lowest BCUT2D eigenvalue weighted by Gasteiger charge is -2.22. The minimum atomic E-state index is -0.454. The number of nitro groups is 1. The van der Waals surface area contributed by atoms with Crippen LogP contribution >= 0.6 is 15.9 Å². The van der Waals surface area contributed by atoms with Crippen molar-refractivity contribution in [3.63, 3.8) is 0 Å². The zero-order valence-electron chi connectivity index (χ0n) is 16.8. The maximum absolute atomic E-state index is 12.6. The van der Waals surface area contributed by atoms with Crippen LogP contribution in [0.3, 0.4) is 0 Å². The summed E-state index contributed by atoms with van der Waals surface area (Å²) in [7, 11) is 0. The number of hydrogen-bond donors (Lipinski definition) is 1. The molecule has 0 radical (unpaired) electrons. The van der Waals surface area contributed by atoms with Crippen LogP contribution in [-0.2, 0) is 11.4 Å². The van der Waals surface area contributed by atoms with E-state index in [-0.39, 0.29) is 29.8 Å². The average Bonchev–Trinajstić information content (AvgIpc) is 2.77. The molecule has 1 saturated carbocycles. The monoisotopic (exact) mass is 483 g/mol. The van der Waals surface area contributed by atoms with Gasteiger partial charge >= 0.3 is 0 Å². The van der Waals surface area contributed by atoms with Crippen LogP contribution in [0.2, 0.25) is 0 Å². The van der Waals surface area contributed by atoms with Gasteiger partial charge in [0.2, 0.25) is 0 Å². The molecule has 2 aromatic carbocycles. The molecule has 160 valence electrons. The number of non-ortho nitro benzene ring substituents is 1. The van der Waals surface area contributed by atoms with Crippen LogP contribution in [0.1, 0.15) is 43.2 Å². The zero-order valence-corrected chi connectivity index (χ0v) is 18.4. The molecule has 31 heavy (non-hydrogen) atoms. The Morgan fingerprint density at radius 1 is 1.23 bits per heavy atom. The van der Waals surface area contributed by atoms with Gasteiger partial charge in [0.15, 0.2) is 0 Å². The Bertz CT molecular complexity index is 1020. The van der Waals surface area contributed by atoms with E-state index in [0.29, 0.717) is 11.3 Å². The van der Waals surface area contributed by atoms with E-state index in [1.165, 1.54) is 24.6 Å². The number of carbonyl (C=O) groups is 1. The van der Waals surface area contributed by atoms with Gasteiger partial charge in [-0.3, -0.25) is 14.9 Å². The lowest BCUT2D eigenvalue weighted by molar-refractivity contribution is -0.384. The average molecular weight is 484 g/mol. The predicted octanol–water partition coefficient (Wildman–Crippen LogP) is 5.29. The van der Waals surface area contributed by atoms with E-state index < -0.39 is 4.92 Å². The molecular weight excluding hydrogens is 462 g/mol. The van der Waals surface area contributed by atoms with Crippen molar-refractivity contribution in [3.05, 3.63) is 73.8 Å². The van der Waals surface area contributed by atoms with Gasteiger partial charge in [0.1, 0.15) is 24.0 Å². The number of rotatable bonds is 7. The van der Waals surface area contributed by atoms with E-state index in [4.69, 9.17) is 4.74 Å². The summed E-state index contributed by atoms with van der Waals surface area (Å²) in [6.45, 7) is 0.191. The Labute approximate surface area is 189 Å². The molecule has 0 spiro atoms. The topological polar surface area (TPSA) is 105 Å². The van der Waals surface area contributed by atoms with Crippen molar-refractivity contribution in [3.8, 4) is 11.8 Å². The van der Waals surface area contributed by atoms with Crippen molar-refractivity contribution in [1.82, 2.24) is 5.32 Å². The third-order valence-electron chi connectivity index (χ3n) is 5.12. The Balaban J connectivity index is 1.75.